The fourth-order valence-corrected chi connectivity index (χ4v) is 0.866. The van der Waals surface area contributed by atoms with E-state index in [4.69, 9.17) is 21.1 Å². The highest BCUT2D eigenvalue weighted by Gasteiger charge is 2.11. The van der Waals surface area contributed by atoms with Gasteiger partial charge in [-0.2, -0.15) is 0 Å². The van der Waals surface area contributed by atoms with Crippen molar-refractivity contribution in [1.82, 2.24) is 0 Å². The summed E-state index contributed by atoms with van der Waals surface area (Å²) in [4.78, 5) is 0. The Morgan fingerprint density at radius 3 is 2.88 bits per heavy atom. The van der Waals surface area contributed by atoms with Crippen LogP contribution in [0.15, 0.2) is 0 Å². The van der Waals surface area contributed by atoms with E-state index in [2.05, 4.69) is 0 Å². The van der Waals surface area contributed by atoms with Crippen molar-refractivity contribution in [2.75, 3.05) is 19.3 Å². The molecule has 0 spiro atoms. The van der Waals surface area contributed by atoms with Gasteiger partial charge < -0.3 is 9.47 Å². The van der Waals surface area contributed by atoms with Crippen LogP contribution < -0.4 is 0 Å². The quantitative estimate of drug-likeness (QED) is 0.501. The summed E-state index contributed by atoms with van der Waals surface area (Å²) < 4.78 is 9.99. The van der Waals surface area contributed by atoms with Gasteiger partial charge in [0.05, 0.1) is 12.7 Å². The number of hydrogen-bond donors (Lipinski definition) is 0. The molecule has 0 saturated carbocycles. The van der Waals surface area contributed by atoms with Gasteiger partial charge in [-0.3, -0.25) is 0 Å². The number of halogens is 1. The van der Waals surface area contributed by atoms with E-state index in [1.165, 1.54) is 0 Å². The van der Waals surface area contributed by atoms with Crippen molar-refractivity contribution < 1.29 is 9.47 Å². The Labute approximate surface area is 53.7 Å². The highest BCUT2D eigenvalue weighted by atomic mass is 35.5. The first-order valence-electron chi connectivity index (χ1n) is 2.69. The fourth-order valence-electron chi connectivity index (χ4n) is 0.623. The highest BCUT2D eigenvalue weighted by molar-refractivity contribution is 6.18. The van der Waals surface area contributed by atoms with Crippen LogP contribution in [-0.4, -0.2) is 25.4 Å². The lowest BCUT2D eigenvalue weighted by Crippen LogP contribution is -2.24. The average Bonchev–Trinajstić information content (AvgIpc) is 1.90. The minimum Gasteiger partial charge on any atom is -0.355 e. The molecule has 0 N–H and O–H groups in total. The van der Waals surface area contributed by atoms with Crippen LogP contribution in [0.2, 0.25) is 0 Å². The van der Waals surface area contributed by atoms with Crippen molar-refractivity contribution in [3.8, 4) is 0 Å². The second kappa shape index (κ2) is 3.28. The molecule has 0 aromatic rings. The summed E-state index contributed by atoms with van der Waals surface area (Å²) in [6.07, 6.45) is 1.16. The van der Waals surface area contributed by atoms with Crippen LogP contribution >= 0.6 is 11.6 Å². The Bertz CT molecular complexity index is 61.4. The number of alkyl halides is 1. The topological polar surface area (TPSA) is 18.5 Å². The first kappa shape index (κ1) is 6.33. The number of ether oxygens (including phenoxy) is 2. The molecule has 0 unspecified atom stereocenters. The minimum atomic E-state index is 0.227. The van der Waals surface area contributed by atoms with Crippen LogP contribution in [0.5, 0.6) is 0 Å². The van der Waals surface area contributed by atoms with E-state index in [-0.39, 0.29) is 6.10 Å². The van der Waals surface area contributed by atoms with E-state index >= 15 is 0 Å². The molecule has 3 heteroatoms. The van der Waals surface area contributed by atoms with Crippen LogP contribution in [0.25, 0.3) is 0 Å². The van der Waals surface area contributed by atoms with Crippen LogP contribution in [-0.2, 0) is 9.47 Å². The lowest BCUT2D eigenvalue weighted by molar-refractivity contribution is -0.131. The summed E-state index contributed by atoms with van der Waals surface area (Å²) in [7, 11) is 0. The highest BCUT2D eigenvalue weighted by Crippen LogP contribution is 2.06. The molecule has 8 heavy (non-hydrogen) atoms. The summed E-state index contributed by atoms with van der Waals surface area (Å²) >= 11 is 5.50. The molecule has 48 valence electrons. The molecule has 1 fully saturated rings. The predicted molar refractivity (Wildman–Crippen MR) is 31.0 cm³/mol. The van der Waals surface area contributed by atoms with Gasteiger partial charge in [0.15, 0.2) is 0 Å². The fraction of sp³-hybridized carbons (Fsp3) is 1.00. The lowest BCUT2D eigenvalue weighted by Gasteiger charge is -2.19. The first-order valence-corrected chi connectivity index (χ1v) is 3.22. The summed E-state index contributed by atoms with van der Waals surface area (Å²) in [6, 6.07) is 0. The molecule has 1 saturated heterocycles. The second-order valence-electron chi connectivity index (χ2n) is 1.76. The molecule has 0 amide bonds. The maximum atomic E-state index is 5.50. The molecule has 1 aliphatic rings. The molecular weight excluding hydrogens is 128 g/mol. The van der Waals surface area contributed by atoms with Crippen molar-refractivity contribution in [3.05, 3.63) is 0 Å². The van der Waals surface area contributed by atoms with E-state index in [0.29, 0.717) is 12.7 Å². The zero-order chi connectivity index (χ0) is 5.82. The van der Waals surface area contributed by atoms with Crippen LogP contribution in [0, 0.1) is 0 Å². The maximum absolute atomic E-state index is 5.50. The third-order valence-electron chi connectivity index (χ3n) is 1.14. The SMILES string of the molecule is ClC[C@@H]1CCOCO1. The molecule has 2 nitrogen and oxygen atoms in total. The number of hydrogen-bond acceptors (Lipinski definition) is 2. The monoisotopic (exact) mass is 136 g/mol. The predicted octanol–water partition coefficient (Wildman–Crippen LogP) is 0.988. The van der Waals surface area contributed by atoms with Gasteiger partial charge in [0.1, 0.15) is 6.79 Å². The largest absolute Gasteiger partial charge is 0.355 e. The molecule has 1 aliphatic heterocycles. The van der Waals surface area contributed by atoms with Crippen molar-refractivity contribution in [2.24, 2.45) is 0 Å². The lowest BCUT2D eigenvalue weighted by atomic mass is 10.3. The minimum absolute atomic E-state index is 0.227. The van der Waals surface area contributed by atoms with E-state index in [1.807, 2.05) is 0 Å². The maximum Gasteiger partial charge on any atom is 0.147 e. The standard InChI is InChI=1S/C5H9ClO2/c6-3-5-1-2-7-4-8-5/h5H,1-4H2/t5-/m0/s1. The third-order valence-corrected chi connectivity index (χ3v) is 1.49. The van der Waals surface area contributed by atoms with Crippen molar-refractivity contribution in [1.29, 1.82) is 0 Å². The van der Waals surface area contributed by atoms with Gasteiger partial charge in [0.2, 0.25) is 0 Å². The van der Waals surface area contributed by atoms with E-state index < -0.39 is 0 Å². The normalized spacial score (nSPS) is 30.4. The van der Waals surface area contributed by atoms with Gasteiger partial charge >= 0.3 is 0 Å². The zero-order valence-corrected chi connectivity index (χ0v) is 5.36. The Morgan fingerprint density at radius 2 is 2.50 bits per heavy atom. The molecule has 0 aromatic heterocycles. The molecule has 0 radical (unpaired) electrons. The number of rotatable bonds is 1. The summed E-state index contributed by atoms with van der Waals surface area (Å²) in [5, 5.41) is 0. The van der Waals surface area contributed by atoms with Gasteiger partial charge in [-0.05, 0) is 6.42 Å². The van der Waals surface area contributed by atoms with E-state index in [1.54, 1.807) is 0 Å². The average molecular weight is 137 g/mol. The summed E-state index contributed by atoms with van der Waals surface area (Å²) in [6.45, 7) is 1.20. The van der Waals surface area contributed by atoms with Crippen molar-refractivity contribution >= 4 is 11.6 Å². The third kappa shape index (κ3) is 1.62. The first-order chi connectivity index (χ1) is 3.93. The van der Waals surface area contributed by atoms with Crippen molar-refractivity contribution in [3.63, 3.8) is 0 Å². The van der Waals surface area contributed by atoms with E-state index in [9.17, 15) is 0 Å². The molecular formula is C5H9ClO2. The second-order valence-corrected chi connectivity index (χ2v) is 2.07. The zero-order valence-electron chi connectivity index (χ0n) is 4.60. The van der Waals surface area contributed by atoms with Crippen LogP contribution in [0.4, 0.5) is 0 Å². The van der Waals surface area contributed by atoms with Gasteiger partial charge in [-0.1, -0.05) is 0 Å². The van der Waals surface area contributed by atoms with Gasteiger partial charge in [-0.25, -0.2) is 0 Å². The molecule has 1 rings (SSSR count). The summed E-state index contributed by atoms with van der Waals surface area (Å²) in [5.41, 5.74) is 0. The molecule has 1 heterocycles. The Kier molecular flexibility index (Phi) is 2.59. The Hall–Kier alpha value is 0.210. The molecule has 0 aliphatic carbocycles. The molecule has 0 bridgehead atoms. The summed E-state index contributed by atoms with van der Waals surface area (Å²) in [5.74, 6) is 0.587. The van der Waals surface area contributed by atoms with E-state index in [0.717, 1.165) is 13.0 Å². The molecule has 0 aromatic carbocycles. The molecule has 1 atom stereocenters. The van der Waals surface area contributed by atoms with Crippen LogP contribution in [0.1, 0.15) is 6.42 Å². The van der Waals surface area contributed by atoms with Crippen molar-refractivity contribution in [2.45, 2.75) is 12.5 Å². The Balaban J connectivity index is 2.13. The van der Waals surface area contributed by atoms with Gasteiger partial charge in [0.25, 0.3) is 0 Å². The Morgan fingerprint density at radius 1 is 1.62 bits per heavy atom. The van der Waals surface area contributed by atoms with Gasteiger partial charge in [0, 0.05) is 5.88 Å². The van der Waals surface area contributed by atoms with Crippen LogP contribution in [0.3, 0.4) is 0 Å². The smallest absolute Gasteiger partial charge is 0.147 e. The van der Waals surface area contributed by atoms with Gasteiger partial charge in [-0.15, -0.1) is 11.6 Å².